The second kappa shape index (κ2) is 11.5. The molecule has 2 saturated heterocycles. The van der Waals surface area contributed by atoms with E-state index in [1.54, 1.807) is 11.6 Å². The first-order valence-corrected chi connectivity index (χ1v) is 14.8. The van der Waals surface area contributed by atoms with Crippen molar-refractivity contribution in [3.05, 3.63) is 6.33 Å². The number of carbonyl (C=O) groups is 1. The molecular weight excluding hydrogens is 545 g/mol. The van der Waals surface area contributed by atoms with E-state index in [2.05, 4.69) is 20.0 Å². The highest BCUT2D eigenvalue weighted by Crippen LogP contribution is 2.50. The smallest absolute Gasteiger partial charge is 0.344 e. The summed E-state index contributed by atoms with van der Waals surface area (Å²) < 4.78 is 39.7. The average molecular weight is 586 g/mol. The highest BCUT2D eigenvalue weighted by Gasteiger charge is 2.54. The molecule has 2 fully saturated rings. The molecule has 0 radical (unpaired) electrons. The SMILES string of the molecule is COc1nc(N)nc2c1ncn2C1OC(COP(=O)(NC(C)C(=O)OCC(C)(C)C)N2CCCC2)C(O)C1(C)O. The van der Waals surface area contributed by atoms with Crippen LogP contribution < -0.4 is 15.6 Å². The van der Waals surface area contributed by atoms with E-state index >= 15 is 0 Å². The van der Waals surface area contributed by atoms with Crippen LogP contribution >= 0.6 is 7.67 Å². The van der Waals surface area contributed by atoms with Gasteiger partial charge < -0.3 is 34.7 Å². The Morgan fingerprint density at radius 1 is 1.35 bits per heavy atom. The molecule has 2 aromatic heterocycles. The minimum Gasteiger partial charge on any atom is -0.479 e. The highest BCUT2D eigenvalue weighted by atomic mass is 31.2. The van der Waals surface area contributed by atoms with Crippen molar-refractivity contribution < 1.29 is 38.3 Å². The summed E-state index contributed by atoms with van der Waals surface area (Å²) in [4.78, 5) is 25.1. The number of hydrogen-bond donors (Lipinski definition) is 4. The molecule has 2 aliphatic heterocycles. The Labute approximate surface area is 232 Å². The number of fused-ring (bicyclic) bond motifs is 1. The van der Waals surface area contributed by atoms with Crippen LogP contribution in [0.2, 0.25) is 0 Å². The third kappa shape index (κ3) is 6.25. The standard InChI is InChI=1S/C24H40N7O8P/c1-14(20(33)37-12-23(2,3)4)29-40(35,30-9-7-8-10-30)38-11-15-17(32)24(5,34)21(39-15)31-13-26-16-18(31)27-22(25)28-19(16)36-6/h13-15,17,21,32,34H,7-12H2,1-6H3,(H,29,35)(H2,25,27,28). The molecule has 2 aliphatic rings. The number of ether oxygens (including phenoxy) is 3. The zero-order valence-electron chi connectivity index (χ0n) is 23.7. The van der Waals surface area contributed by atoms with Gasteiger partial charge >= 0.3 is 13.6 Å². The number of nitrogens with zero attached hydrogens (tertiary/aromatic N) is 5. The van der Waals surface area contributed by atoms with Gasteiger partial charge in [0, 0.05) is 13.1 Å². The van der Waals surface area contributed by atoms with E-state index in [4.69, 9.17) is 24.5 Å². The molecule has 5 N–H and O–H groups in total. The molecule has 6 unspecified atom stereocenters. The van der Waals surface area contributed by atoms with Gasteiger partial charge in [-0.2, -0.15) is 9.97 Å². The lowest BCUT2D eigenvalue weighted by molar-refractivity contribution is -0.148. The van der Waals surface area contributed by atoms with Crippen molar-refractivity contribution in [1.29, 1.82) is 0 Å². The monoisotopic (exact) mass is 585 g/mol. The number of rotatable bonds is 10. The number of carbonyl (C=O) groups excluding carboxylic acids is 1. The molecule has 16 heteroatoms. The number of methoxy groups -OCH3 is 1. The molecule has 0 spiro atoms. The van der Waals surface area contributed by atoms with Gasteiger partial charge in [0.2, 0.25) is 11.8 Å². The maximum Gasteiger partial charge on any atom is 0.344 e. The highest BCUT2D eigenvalue weighted by molar-refractivity contribution is 7.54. The number of nitrogen functional groups attached to an aromatic ring is 1. The minimum atomic E-state index is -3.76. The number of anilines is 1. The van der Waals surface area contributed by atoms with Crippen LogP contribution in [0.15, 0.2) is 6.33 Å². The molecule has 2 aromatic rings. The van der Waals surface area contributed by atoms with Crippen molar-refractivity contribution in [2.75, 3.05) is 39.1 Å². The van der Waals surface area contributed by atoms with Crippen molar-refractivity contribution in [3.63, 3.8) is 0 Å². The Morgan fingerprint density at radius 2 is 2.02 bits per heavy atom. The lowest BCUT2D eigenvalue weighted by Crippen LogP contribution is -2.45. The molecule has 0 amide bonds. The van der Waals surface area contributed by atoms with Gasteiger partial charge in [-0.05, 0) is 32.1 Å². The number of esters is 1. The molecule has 0 saturated carbocycles. The van der Waals surface area contributed by atoms with Crippen LogP contribution in [0.3, 0.4) is 0 Å². The Hall–Kier alpha value is -2.39. The third-order valence-electron chi connectivity index (χ3n) is 6.83. The van der Waals surface area contributed by atoms with E-state index in [1.165, 1.54) is 24.9 Å². The molecular formula is C24H40N7O8P. The Morgan fingerprint density at radius 3 is 2.65 bits per heavy atom. The maximum atomic E-state index is 14.1. The van der Waals surface area contributed by atoms with Gasteiger partial charge in [0.1, 0.15) is 23.9 Å². The van der Waals surface area contributed by atoms with Crippen LogP contribution in [0, 0.1) is 5.41 Å². The average Bonchev–Trinajstić information content (AvgIpc) is 3.61. The Bertz CT molecular complexity index is 1260. The summed E-state index contributed by atoms with van der Waals surface area (Å²) in [5.41, 5.74) is 4.30. The summed E-state index contributed by atoms with van der Waals surface area (Å²) in [6.07, 6.45) is -0.654. The van der Waals surface area contributed by atoms with E-state index < -0.39 is 43.7 Å². The number of aromatic nitrogens is 4. The predicted octanol–water partition coefficient (Wildman–Crippen LogP) is 1.21. The first kappa shape index (κ1) is 30.6. The fraction of sp³-hybridized carbons (Fsp3) is 0.750. The zero-order chi connectivity index (χ0) is 29.5. The summed E-state index contributed by atoms with van der Waals surface area (Å²) in [6.45, 7) is 9.66. The van der Waals surface area contributed by atoms with Gasteiger partial charge in [0.15, 0.2) is 17.4 Å². The lowest BCUT2D eigenvalue weighted by atomic mass is 9.96. The molecule has 224 valence electrons. The summed E-state index contributed by atoms with van der Waals surface area (Å²) in [5, 5.41) is 25.1. The molecule has 0 bridgehead atoms. The summed E-state index contributed by atoms with van der Waals surface area (Å²) in [6, 6.07) is -0.920. The van der Waals surface area contributed by atoms with Gasteiger partial charge in [0.25, 0.3) is 0 Å². The molecule has 6 atom stereocenters. The number of aliphatic hydroxyl groups is 2. The molecule has 0 aliphatic carbocycles. The Kier molecular flexibility index (Phi) is 8.77. The Balaban J connectivity index is 1.51. The van der Waals surface area contributed by atoms with Crippen molar-refractivity contribution in [2.24, 2.45) is 5.41 Å². The summed E-state index contributed by atoms with van der Waals surface area (Å²) in [7, 11) is -2.35. The summed E-state index contributed by atoms with van der Waals surface area (Å²) >= 11 is 0. The normalized spacial score (nSPS) is 28.1. The van der Waals surface area contributed by atoms with Crippen LogP contribution in [0.1, 0.15) is 53.7 Å². The van der Waals surface area contributed by atoms with E-state index in [1.807, 2.05) is 20.8 Å². The quantitative estimate of drug-likeness (QED) is 0.229. The van der Waals surface area contributed by atoms with Gasteiger partial charge in [-0.25, -0.2) is 14.7 Å². The van der Waals surface area contributed by atoms with Crippen molar-refractivity contribution in [1.82, 2.24) is 29.3 Å². The summed E-state index contributed by atoms with van der Waals surface area (Å²) in [5.74, 6) is -0.481. The largest absolute Gasteiger partial charge is 0.479 e. The first-order valence-electron chi connectivity index (χ1n) is 13.2. The fourth-order valence-electron chi connectivity index (χ4n) is 4.65. The number of nitrogens with two attached hydrogens (primary N) is 1. The van der Waals surface area contributed by atoms with E-state index in [-0.39, 0.29) is 36.1 Å². The van der Waals surface area contributed by atoms with Crippen LogP contribution in [0.5, 0.6) is 5.88 Å². The zero-order valence-corrected chi connectivity index (χ0v) is 24.6. The first-order chi connectivity index (χ1) is 18.7. The number of hydrogen-bond acceptors (Lipinski definition) is 12. The van der Waals surface area contributed by atoms with E-state index in [0.717, 1.165) is 12.8 Å². The van der Waals surface area contributed by atoms with Gasteiger partial charge in [-0.3, -0.25) is 13.9 Å². The second-order valence-electron chi connectivity index (χ2n) is 11.6. The predicted molar refractivity (Wildman–Crippen MR) is 144 cm³/mol. The van der Waals surface area contributed by atoms with Crippen LogP contribution in [0.25, 0.3) is 11.2 Å². The number of imidazole rings is 1. The second-order valence-corrected chi connectivity index (χ2v) is 13.7. The topological polar surface area (TPSA) is 196 Å². The fourth-order valence-corrected chi connectivity index (χ4v) is 6.80. The van der Waals surface area contributed by atoms with Gasteiger partial charge in [-0.15, -0.1) is 0 Å². The maximum absolute atomic E-state index is 14.1. The van der Waals surface area contributed by atoms with E-state index in [0.29, 0.717) is 18.6 Å². The van der Waals surface area contributed by atoms with E-state index in [9.17, 15) is 19.6 Å². The molecule has 0 aromatic carbocycles. The minimum absolute atomic E-state index is 0.0723. The molecule has 40 heavy (non-hydrogen) atoms. The van der Waals surface area contributed by atoms with Crippen molar-refractivity contribution in [2.45, 2.75) is 77.5 Å². The van der Waals surface area contributed by atoms with Crippen LogP contribution in [0.4, 0.5) is 5.95 Å². The van der Waals surface area contributed by atoms with Gasteiger partial charge in [-0.1, -0.05) is 20.8 Å². The molecule has 15 nitrogen and oxygen atoms in total. The lowest BCUT2D eigenvalue weighted by Gasteiger charge is -2.31. The third-order valence-corrected chi connectivity index (χ3v) is 9.19. The molecule has 4 rings (SSSR count). The number of nitrogens with one attached hydrogen (secondary N) is 1. The van der Waals surface area contributed by atoms with Crippen LogP contribution in [-0.2, 0) is 23.4 Å². The van der Waals surface area contributed by atoms with Crippen molar-refractivity contribution >= 4 is 30.8 Å². The van der Waals surface area contributed by atoms with Crippen LogP contribution in [-0.4, -0.2) is 97.6 Å². The van der Waals surface area contributed by atoms with Crippen molar-refractivity contribution in [3.8, 4) is 5.88 Å². The number of aliphatic hydroxyl groups excluding tert-OH is 1. The van der Waals surface area contributed by atoms with Gasteiger partial charge in [0.05, 0.1) is 26.7 Å². The molecule has 4 heterocycles.